The quantitative estimate of drug-likeness (QED) is 0.226. The maximum atomic E-state index is 12.6. The zero-order valence-electron chi connectivity index (χ0n) is 18.3. The Hall–Kier alpha value is -4.72. The van der Waals surface area contributed by atoms with Crippen LogP contribution < -0.4 is 14.9 Å². The Morgan fingerprint density at radius 2 is 1.76 bits per heavy atom. The molecule has 1 amide bonds. The highest BCUT2D eigenvalue weighted by atomic mass is 16.6. The molecule has 0 aromatic heterocycles. The van der Waals surface area contributed by atoms with Crippen LogP contribution in [0.4, 0.5) is 5.69 Å². The number of hydrazone groups is 1. The second-order valence-corrected chi connectivity index (χ2v) is 7.31. The van der Waals surface area contributed by atoms with E-state index in [1.165, 1.54) is 25.5 Å². The number of carbonyl (C=O) groups is 1. The van der Waals surface area contributed by atoms with E-state index in [0.717, 1.165) is 22.4 Å². The lowest BCUT2D eigenvalue weighted by molar-refractivity contribution is -0.384. The maximum Gasteiger partial charge on any atom is 0.275 e. The van der Waals surface area contributed by atoms with Crippen molar-refractivity contribution < 1.29 is 19.2 Å². The topological polar surface area (TPSA) is 103 Å². The molecular formula is C26H21N3O5. The van der Waals surface area contributed by atoms with Gasteiger partial charge in [0.2, 0.25) is 0 Å². The number of nitrogens with zero attached hydrogens (tertiary/aromatic N) is 2. The molecule has 0 spiro atoms. The van der Waals surface area contributed by atoms with E-state index in [1.54, 1.807) is 0 Å². The Bertz CT molecular complexity index is 1380. The molecular weight excluding hydrogens is 434 g/mol. The number of carbonyl (C=O) groups excluding carboxylic acids is 1. The van der Waals surface area contributed by atoms with Crippen LogP contribution in [0, 0.1) is 10.1 Å². The third kappa shape index (κ3) is 5.02. The van der Waals surface area contributed by atoms with Crippen LogP contribution in [0.1, 0.15) is 21.5 Å². The molecule has 4 aromatic carbocycles. The van der Waals surface area contributed by atoms with Crippen molar-refractivity contribution in [3.05, 3.63) is 112 Å². The van der Waals surface area contributed by atoms with Crippen LogP contribution in [-0.4, -0.2) is 24.2 Å². The van der Waals surface area contributed by atoms with E-state index >= 15 is 0 Å². The van der Waals surface area contributed by atoms with E-state index in [2.05, 4.69) is 28.7 Å². The van der Waals surface area contributed by atoms with Crippen LogP contribution in [0.25, 0.3) is 10.8 Å². The second kappa shape index (κ2) is 10.3. The smallest absolute Gasteiger partial charge is 0.275 e. The summed E-state index contributed by atoms with van der Waals surface area (Å²) in [5.41, 5.74) is 3.89. The van der Waals surface area contributed by atoms with E-state index in [0.29, 0.717) is 17.9 Å². The molecule has 0 saturated carbocycles. The molecule has 1 N–H and O–H groups in total. The minimum Gasteiger partial charge on any atom is -0.496 e. The van der Waals surface area contributed by atoms with Gasteiger partial charge in [0.05, 0.1) is 23.8 Å². The van der Waals surface area contributed by atoms with Gasteiger partial charge in [-0.05, 0) is 34.5 Å². The molecule has 0 saturated heterocycles. The number of non-ortho nitro benzene ring substituents is 1. The summed E-state index contributed by atoms with van der Waals surface area (Å²) in [6.45, 7) is 0.365. The lowest BCUT2D eigenvalue weighted by Gasteiger charge is -2.11. The number of nitrogens with one attached hydrogen (secondary N) is 1. The fraction of sp³-hybridized carbons (Fsp3) is 0.0769. The third-order valence-electron chi connectivity index (χ3n) is 5.19. The van der Waals surface area contributed by atoms with Crippen LogP contribution in [0.15, 0.2) is 90.0 Å². The summed E-state index contributed by atoms with van der Waals surface area (Å²) in [5.74, 6) is 0.171. The molecule has 0 aliphatic carbocycles. The summed E-state index contributed by atoms with van der Waals surface area (Å²) >= 11 is 0. The van der Waals surface area contributed by atoms with Gasteiger partial charge in [0.15, 0.2) is 0 Å². The number of fused-ring (bicyclic) bond motifs is 1. The summed E-state index contributed by atoms with van der Waals surface area (Å²) in [5, 5.41) is 17.3. The highest BCUT2D eigenvalue weighted by molar-refractivity contribution is 5.98. The van der Waals surface area contributed by atoms with E-state index in [1.807, 2.05) is 48.5 Å². The van der Waals surface area contributed by atoms with Gasteiger partial charge in [-0.3, -0.25) is 14.9 Å². The number of nitro groups is 1. The van der Waals surface area contributed by atoms with E-state index in [-0.39, 0.29) is 17.0 Å². The van der Waals surface area contributed by atoms with Crippen LogP contribution in [-0.2, 0) is 6.61 Å². The summed E-state index contributed by atoms with van der Waals surface area (Å²) in [6.07, 6.45) is 1.46. The molecule has 0 heterocycles. The average Bonchev–Trinajstić information content (AvgIpc) is 2.87. The second-order valence-electron chi connectivity index (χ2n) is 7.31. The molecule has 8 heteroatoms. The zero-order chi connectivity index (χ0) is 23.9. The van der Waals surface area contributed by atoms with Crippen molar-refractivity contribution in [1.29, 1.82) is 0 Å². The molecule has 0 aliphatic heterocycles. The fourth-order valence-electron chi connectivity index (χ4n) is 3.50. The number of rotatable bonds is 8. The molecule has 170 valence electrons. The Kier molecular flexibility index (Phi) is 6.78. The van der Waals surface area contributed by atoms with Crippen molar-refractivity contribution in [2.24, 2.45) is 5.10 Å². The van der Waals surface area contributed by atoms with Gasteiger partial charge in [-0.1, -0.05) is 54.6 Å². The molecule has 4 aromatic rings. The van der Waals surface area contributed by atoms with Gasteiger partial charge in [-0.15, -0.1) is 0 Å². The number of hydrogen-bond acceptors (Lipinski definition) is 6. The molecule has 4 rings (SSSR count). The van der Waals surface area contributed by atoms with Gasteiger partial charge in [0, 0.05) is 17.7 Å². The molecule has 0 fully saturated rings. The van der Waals surface area contributed by atoms with Crippen LogP contribution in [0.3, 0.4) is 0 Å². The van der Waals surface area contributed by atoms with E-state index in [9.17, 15) is 14.9 Å². The number of benzene rings is 4. The lowest BCUT2D eigenvalue weighted by atomic mass is 10.1. The molecule has 0 bridgehead atoms. The average molecular weight is 455 g/mol. The van der Waals surface area contributed by atoms with Crippen LogP contribution >= 0.6 is 0 Å². The van der Waals surface area contributed by atoms with E-state index in [4.69, 9.17) is 9.47 Å². The number of para-hydroxylation sites is 1. The Labute approximate surface area is 195 Å². The third-order valence-corrected chi connectivity index (χ3v) is 5.19. The standard InChI is InChI=1S/C26H21N3O5/c1-33-25-14-13-21(29(31)32)15-23(25)26(30)28-27-16-19-8-3-5-12-24(19)34-17-20-10-6-9-18-7-2-4-11-22(18)20/h2-16H,17H2,1H3,(H,28,30)/b27-16-. The predicted molar refractivity (Wildman–Crippen MR) is 129 cm³/mol. The molecule has 0 aliphatic rings. The molecule has 8 nitrogen and oxygen atoms in total. The first-order chi connectivity index (χ1) is 16.6. The first-order valence-corrected chi connectivity index (χ1v) is 10.4. The normalized spacial score (nSPS) is 10.9. The molecule has 34 heavy (non-hydrogen) atoms. The SMILES string of the molecule is COc1ccc([N+](=O)[O-])cc1C(=O)N/N=C\c1ccccc1OCc1cccc2ccccc12. The predicted octanol–water partition coefficient (Wildman–Crippen LogP) is 5.10. The highest BCUT2D eigenvalue weighted by Gasteiger charge is 2.17. The Morgan fingerprint density at radius 3 is 2.59 bits per heavy atom. The van der Waals surface area contributed by atoms with Crippen molar-refractivity contribution in [1.82, 2.24) is 5.43 Å². The Balaban J connectivity index is 1.48. The monoisotopic (exact) mass is 455 g/mol. The molecule has 0 unspecified atom stereocenters. The number of ether oxygens (including phenoxy) is 2. The van der Waals surface area contributed by atoms with Gasteiger partial charge in [0.1, 0.15) is 18.1 Å². The first-order valence-electron chi connectivity index (χ1n) is 10.4. The van der Waals surface area contributed by atoms with Crippen LogP contribution in [0.2, 0.25) is 0 Å². The summed E-state index contributed by atoms with van der Waals surface area (Å²) in [6, 6.07) is 25.2. The van der Waals surface area contributed by atoms with Gasteiger partial charge in [0.25, 0.3) is 11.6 Å². The fourth-order valence-corrected chi connectivity index (χ4v) is 3.50. The van der Waals surface area contributed by atoms with Crippen molar-refractivity contribution in [2.75, 3.05) is 7.11 Å². The summed E-state index contributed by atoms with van der Waals surface area (Å²) in [7, 11) is 1.38. The van der Waals surface area contributed by atoms with Crippen molar-refractivity contribution in [3.63, 3.8) is 0 Å². The minimum absolute atomic E-state index is 0.00865. The number of methoxy groups -OCH3 is 1. The minimum atomic E-state index is -0.633. The number of amides is 1. The Morgan fingerprint density at radius 1 is 1.00 bits per heavy atom. The van der Waals surface area contributed by atoms with Gasteiger partial charge < -0.3 is 9.47 Å². The maximum absolute atomic E-state index is 12.6. The van der Waals surface area contributed by atoms with Gasteiger partial charge in [-0.25, -0.2) is 5.43 Å². The molecule has 0 radical (unpaired) electrons. The number of hydrogen-bond donors (Lipinski definition) is 1. The first kappa shape index (κ1) is 22.5. The number of nitro benzene ring substituents is 1. The summed E-state index contributed by atoms with van der Waals surface area (Å²) < 4.78 is 11.2. The van der Waals surface area contributed by atoms with Gasteiger partial charge in [-0.2, -0.15) is 5.10 Å². The zero-order valence-corrected chi connectivity index (χ0v) is 18.3. The van der Waals surface area contributed by atoms with Crippen molar-refractivity contribution >= 4 is 28.6 Å². The van der Waals surface area contributed by atoms with Crippen molar-refractivity contribution in [2.45, 2.75) is 6.61 Å². The largest absolute Gasteiger partial charge is 0.496 e. The highest BCUT2D eigenvalue weighted by Crippen LogP contribution is 2.24. The lowest BCUT2D eigenvalue weighted by Crippen LogP contribution is -2.18. The molecule has 0 atom stereocenters. The van der Waals surface area contributed by atoms with Gasteiger partial charge >= 0.3 is 0 Å². The van der Waals surface area contributed by atoms with E-state index < -0.39 is 10.8 Å². The van der Waals surface area contributed by atoms with Crippen LogP contribution in [0.5, 0.6) is 11.5 Å². The summed E-state index contributed by atoms with van der Waals surface area (Å²) in [4.78, 5) is 23.0. The van der Waals surface area contributed by atoms with Crippen molar-refractivity contribution in [3.8, 4) is 11.5 Å².